The summed E-state index contributed by atoms with van der Waals surface area (Å²) in [5.74, 6) is -0.0524. The summed E-state index contributed by atoms with van der Waals surface area (Å²) in [7, 11) is 0. The van der Waals surface area contributed by atoms with Gasteiger partial charge in [-0.15, -0.1) is 5.10 Å². The molecule has 0 amide bonds. The fourth-order valence-corrected chi connectivity index (χ4v) is 1.95. The molecule has 0 aliphatic carbocycles. The molecule has 0 unspecified atom stereocenters. The van der Waals surface area contributed by atoms with Gasteiger partial charge < -0.3 is 16.0 Å². The van der Waals surface area contributed by atoms with Gasteiger partial charge in [0.05, 0.1) is 6.21 Å². The highest BCUT2D eigenvalue weighted by Crippen LogP contribution is 2.23. The second-order valence-electron chi connectivity index (χ2n) is 5.92. The van der Waals surface area contributed by atoms with Crippen LogP contribution in [0.1, 0.15) is 31.9 Å². The van der Waals surface area contributed by atoms with Gasteiger partial charge in [0.15, 0.2) is 0 Å². The molecule has 0 radical (unpaired) electrons. The molecule has 0 atom stereocenters. The number of nitrogens with zero attached hydrogens (tertiary/aromatic N) is 3. The molecule has 110 valence electrons. The Hall–Kier alpha value is -2.56. The van der Waals surface area contributed by atoms with Crippen LogP contribution < -0.4 is 11.5 Å². The van der Waals surface area contributed by atoms with E-state index in [0.717, 1.165) is 11.3 Å². The van der Waals surface area contributed by atoms with Gasteiger partial charge in [0.25, 0.3) is 0 Å². The minimum atomic E-state index is -0.0524. The molecule has 0 aliphatic rings. The molecule has 21 heavy (non-hydrogen) atoms. The highest BCUT2D eigenvalue weighted by atomic mass is 15.3. The number of benzene rings is 1. The molecule has 0 bridgehead atoms. The molecular formula is C16H21N5. The number of hydrogen-bond acceptors (Lipinski definition) is 2. The van der Waals surface area contributed by atoms with Crippen molar-refractivity contribution in [2.45, 2.75) is 26.2 Å². The summed E-state index contributed by atoms with van der Waals surface area (Å²) in [6, 6.07) is 10.5. The maximum Gasteiger partial charge on any atom is 0.211 e. The van der Waals surface area contributed by atoms with E-state index in [-0.39, 0.29) is 11.4 Å². The second-order valence-corrected chi connectivity index (χ2v) is 5.92. The Morgan fingerprint density at radius 2 is 1.76 bits per heavy atom. The van der Waals surface area contributed by atoms with E-state index in [9.17, 15) is 0 Å². The van der Waals surface area contributed by atoms with Crippen LogP contribution in [0.4, 0.5) is 0 Å². The van der Waals surface area contributed by atoms with Crippen molar-refractivity contribution in [3.8, 4) is 5.69 Å². The standard InChI is InChI=1S/C16H21N5/c1-16(2,3)13-4-6-14(7-5-13)21-9-8-12(11-21)10-19-20-15(17)18/h4-11H,1-3H3,(H4,17,18,20). The van der Waals surface area contributed by atoms with Gasteiger partial charge in [0.1, 0.15) is 0 Å². The molecular weight excluding hydrogens is 262 g/mol. The summed E-state index contributed by atoms with van der Waals surface area (Å²) in [5, 5.41) is 7.37. The Morgan fingerprint density at radius 1 is 1.10 bits per heavy atom. The zero-order valence-electron chi connectivity index (χ0n) is 12.6. The molecule has 1 heterocycles. The van der Waals surface area contributed by atoms with E-state index in [1.54, 1.807) is 6.21 Å². The maximum atomic E-state index is 5.21. The number of aromatic nitrogens is 1. The summed E-state index contributed by atoms with van der Waals surface area (Å²) in [5.41, 5.74) is 13.9. The van der Waals surface area contributed by atoms with Crippen molar-refractivity contribution in [2.24, 2.45) is 21.7 Å². The molecule has 2 aromatic rings. The summed E-state index contributed by atoms with van der Waals surface area (Å²) in [4.78, 5) is 0. The molecule has 5 heteroatoms. The summed E-state index contributed by atoms with van der Waals surface area (Å²) in [6.45, 7) is 6.61. The average Bonchev–Trinajstić information content (AvgIpc) is 2.86. The first-order chi connectivity index (χ1) is 9.86. The first-order valence-electron chi connectivity index (χ1n) is 6.77. The second kappa shape index (κ2) is 5.83. The topological polar surface area (TPSA) is 81.7 Å². The van der Waals surface area contributed by atoms with Crippen LogP contribution in [0, 0.1) is 0 Å². The molecule has 0 saturated heterocycles. The Morgan fingerprint density at radius 3 is 2.33 bits per heavy atom. The van der Waals surface area contributed by atoms with Crippen LogP contribution in [0.2, 0.25) is 0 Å². The fourth-order valence-electron chi connectivity index (χ4n) is 1.95. The van der Waals surface area contributed by atoms with E-state index in [2.05, 4.69) is 55.2 Å². The quantitative estimate of drug-likeness (QED) is 0.515. The number of nitrogens with two attached hydrogens (primary N) is 2. The van der Waals surface area contributed by atoms with Gasteiger partial charge in [0.2, 0.25) is 5.96 Å². The van der Waals surface area contributed by atoms with E-state index in [0.29, 0.717) is 0 Å². The zero-order chi connectivity index (χ0) is 15.5. The van der Waals surface area contributed by atoms with Crippen LogP contribution >= 0.6 is 0 Å². The summed E-state index contributed by atoms with van der Waals surface area (Å²) < 4.78 is 2.03. The molecule has 0 aliphatic heterocycles. The lowest BCUT2D eigenvalue weighted by Gasteiger charge is -2.19. The lowest BCUT2D eigenvalue weighted by Crippen LogP contribution is -2.21. The van der Waals surface area contributed by atoms with E-state index in [1.807, 2.05) is 23.0 Å². The Bertz CT molecular complexity index is 653. The average molecular weight is 283 g/mol. The van der Waals surface area contributed by atoms with Gasteiger partial charge in [-0.3, -0.25) is 0 Å². The first kappa shape index (κ1) is 14.8. The molecule has 1 aromatic heterocycles. The van der Waals surface area contributed by atoms with Gasteiger partial charge in [-0.2, -0.15) is 5.10 Å². The monoisotopic (exact) mass is 283 g/mol. The fraction of sp³-hybridized carbons (Fsp3) is 0.250. The molecule has 5 nitrogen and oxygen atoms in total. The molecule has 2 rings (SSSR count). The van der Waals surface area contributed by atoms with Crippen molar-refractivity contribution in [2.75, 3.05) is 0 Å². The van der Waals surface area contributed by atoms with Crippen molar-refractivity contribution in [3.63, 3.8) is 0 Å². The minimum absolute atomic E-state index is 0.0524. The van der Waals surface area contributed by atoms with Gasteiger partial charge in [0, 0.05) is 23.6 Å². The number of guanidine groups is 1. The number of rotatable bonds is 3. The maximum absolute atomic E-state index is 5.21. The summed E-state index contributed by atoms with van der Waals surface area (Å²) >= 11 is 0. The Balaban J connectivity index is 2.18. The molecule has 0 saturated carbocycles. The van der Waals surface area contributed by atoms with E-state index in [1.165, 1.54) is 5.56 Å². The first-order valence-corrected chi connectivity index (χ1v) is 6.77. The molecule has 4 N–H and O–H groups in total. The lowest BCUT2D eigenvalue weighted by molar-refractivity contribution is 0.590. The van der Waals surface area contributed by atoms with Gasteiger partial charge in [-0.05, 0) is 29.2 Å². The van der Waals surface area contributed by atoms with Crippen molar-refractivity contribution in [1.82, 2.24) is 4.57 Å². The Kier molecular flexibility index (Phi) is 4.12. The van der Waals surface area contributed by atoms with Crippen LogP contribution in [0.25, 0.3) is 5.69 Å². The number of hydrogen-bond donors (Lipinski definition) is 2. The van der Waals surface area contributed by atoms with E-state index in [4.69, 9.17) is 11.5 Å². The van der Waals surface area contributed by atoms with E-state index >= 15 is 0 Å². The SMILES string of the molecule is CC(C)(C)c1ccc(-n2ccc(C=NN=C(N)N)c2)cc1. The predicted octanol–water partition coefficient (Wildman–Crippen LogP) is 2.38. The summed E-state index contributed by atoms with van der Waals surface area (Å²) in [6.07, 6.45) is 5.56. The van der Waals surface area contributed by atoms with E-state index < -0.39 is 0 Å². The highest BCUT2D eigenvalue weighted by Gasteiger charge is 2.12. The molecule has 1 aromatic carbocycles. The largest absolute Gasteiger partial charge is 0.369 e. The van der Waals surface area contributed by atoms with Crippen LogP contribution in [-0.4, -0.2) is 16.7 Å². The minimum Gasteiger partial charge on any atom is -0.369 e. The smallest absolute Gasteiger partial charge is 0.211 e. The van der Waals surface area contributed by atoms with Crippen LogP contribution in [0.15, 0.2) is 52.9 Å². The van der Waals surface area contributed by atoms with Crippen molar-refractivity contribution < 1.29 is 0 Å². The third kappa shape index (κ3) is 3.95. The van der Waals surface area contributed by atoms with Crippen LogP contribution in [0.5, 0.6) is 0 Å². The van der Waals surface area contributed by atoms with Gasteiger partial charge >= 0.3 is 0 Å². The van der Waals surface area contributed by atoms with Crippen LogP contribution in [0.3, 0.4) is 0 Å². The van der Waals surface area contributed by atoms with Crippen LogP contribution in [-0.2, 0) is 5.41 Å². The van der Waals surface area contributed by atoms with Gasteiger partial charge in [-0.1, -0.05) is 32.9 Å². The van der Waals surface area contributed by atoms with Crippen molar-refractivity contribution in [3.05, 3.63) is 53.9 Å². The molecule has 0 fully saturated rings. The van der Waals surface area contributed by atoms with Crippen molar-refractivity contribution in [1.29, 1.82) is 0 Å². The normalized spacial score (nSPS) is 11.8. The zero-order valence-corrected chi connectivity index (χ0v) is 12.6. The third-order valence-corrected chi connectivity index (χ3v) is 3.13. The van der Waals surface area contributed by atoms with Crippen molar-refractivity contribution >= 4 is 12.2 Å². The molecule has 0 spiro atoms. The highest BCUT2D eigenvalue weighted by molar-refractivity contribution is 5.81. The van der Waals surface area contributed by atoms with Gasteiger partial charge in [-0.25, -0.2) is 0 Å². The Labute approximate surface area is 125 Å². The predicted molar refractivity (Wildman–Crippen MR) is 87.9 cm³/mol. The lowest BCUT2D eigenvalue weighted by atomic mass is 9.87. The third-order valence-electron chi connectivity index (χ3n) is 3.13.